The fourth-order valence-corrected chi connectivity index (χ4v) is 7.52. The number of hydrogen-bond acceptors (Lipinski definition) is 1. The van der Waals surface area contributed by atoms with Crippen LogP contribution in [0.5, 0.6) is 0 Å². The molecule has 0 rings (SSSR count). The van der Waals surface area contributed by atoms with Gasteiger partial charge in [0.1, 0.15) is 0 Å². The van der Waals surface area contributed by atoms with E-state index in [0.29, 0.717) is 0 Å². The van der Waals surface area contributed by atoms with Gasteiger partial charge in [-0.3, -0.25) is 0 Å². The van der Waals surface area contributed by atoms with Gasteiger partial charge in [-0.2, -0.15) is 0 Å². The van der Waals surface area contributed by atoms with Crippen molar-refractivity contribution in [3.8, 4) is 0 Å². The molecule has 0 atom stereocenters. The normalized spacial score (nSPS) is 11.9. The van der Waals surface area contributed by atoms with E-state index in [9.17, 15) is 0 Å². The molecular weight excluding hydrogens is 567 g/mol. The highest BCUT2D eigenvalue weighted by atomic mass is 15.1. The average Bonchev–Trinajstić information content (AvgIpc) is 3.06. The third kappa shape index (κ3) is 42.0. The van der Waals surface area contributed by atoms with Crippen molar-refractivity contribution in [2.24, 2.45) is 5.92 Å². The third-order valence-corrected chi connectivity index (χ3v) is 10.9. The summed E-state index contributed by atoms with van der Waals surface area (Å²) in [4.78, 5) is 2.86. The molecule has 0 heterocycles. The minimum Gasteiger partial charge on any atom is -0.303 e. The van der Waals surface area contributed by atoms with Crippen LogP contribution in [0, 0.1) is 5.92 Å². The predicted molar refractivity (Wildman–Crippen MR) is 218 cm³/mol. The molecule has 1 heteroatoms. The van der Waals surface area contributed by atoms with Crippen molar-refractivity contribution in [2.45, 2.75) is 272 Å². The van der Waals surface area contributed by atoms with Gasteiger partial charge in [0.25, 0.3) is 0 Å². The van der Waals surface area contributed by atoms with E-state index in [-0.39, 0.29) is 0 Å². The molecule has 0 aromatic rings. The summed E-state index contributed by atoms with van der Waals surface area (Å²) in [6.07, 6.45) is 55.6. The lowest BCUT2D eigenvalue weighted by molar-refractivity contribution is 0.254. The van der Waals surface area contributed by atoms with Crippen LogP contribution >= 0.6 is 0 Å². The molecule has 0 aromatic heterocycles. The minimum absolute atomic E-state index is 0.880. The quantitative estimate of drug-likeness (QED) is 0.0588. The van der Waals surface area contributed by atoms with Gasteiger partial charge < -0.3 is 4.90 Å². The molecule has 0 unspecified atom stereocenters. The van der Waals surface area contributed by atoms with Crippen LogP contribution in [0.15, 0.2) is 0 Å². The summed E-state index contributed by atoms with van der Waals surface area (Å²) in [7, 11) is 0. The predicted octanol–water partition coefficient (Wildman–Crippen LogP) is 16.8. The molecule has 0 radical (unpaired) electrons. The second-order valence-corrected chi connectivity index (χ2v) is 16.4. The molecule has 0 aliphatic carbocycles. The Morgan fingerprint density at radius 2 is 0.447 bits per heavy atom. The molecular formula is C46H95N. The topological polar surface area (TPSA) is 3.24 Å². The molecule has 0 spiro atoms. The van der Waals surface area contributed by atoms with Gasteiger partial charge in [0.2, 0.25) is 0 Å². The van der Waals surface area contributed by atoms with Crippen molar-refractivity contribution < 1.29 is 0 Å². The van der Waals surface area contributed by atoms with Crippen LogP contribution in [0.3, 0.4) is 0 Å². The fraction of sp³-hybridized carbons (Fsp3) is 1.00. The van der Waals surface area contributed by atoms with Gasteiger partial charge in [-0.15, -0.1) is 0 Å². The Morgan fingerprint density at radius 3 is 0.660 bits per heavy atom. The maximum atomic E-state index is 2.86. The molecule has 0 fully saturated rings. The van der Waals surface area contributed by atoms with Gasteiger partial charge in [-0.05, 0) is 44.8 Å². The van der Waals surface area contributed by atoms with Gasteiger partial charge in [-0.25, -0.2) is 0 Å². The molecule has 0 amide bonds. The Morgan fingerprint density at radius 1 is 0.255 bits per heavy atom. The van der Waals surface area contributed by atoms with Crippen LogP contribution in [0.25, 0.3) is 0 Å². The highest BCUT2D eigenvalue weighted by Gasteiger charge is 2.06. The van der Waals surface area contributed by atoms with E-state index >= 15 is 0 Å². The fourth-order valence-electron chi connectivity index (χ4n) is 7.52. The Balaban J connectivity index is 3.81. The SMILES string of the molecule is CCCCCCCCCCCCCCCCCCN(CCCCCCCCCCCCCCCCCC)CCCCCCCC(C)C. The van der Waals surface area contributed by atoms with Crippen molar-refractivity contribution in [1.29, 1.82) is 0 Å². The lowest BCUT2D eigenvalue weighted by Gasteiger charge is -2.22. The Bertz CT molecular complexity index is 491. The molecule has 0 N–H and O–H groups in total. The first kappa shape index (κ1) is 47.0. The van der Waals surface area contributed by atoms with E-state index in [4.69, 9.17) is 0 Å². The number of rotatable bonds is 42. The maximum absolute atomic E-state index is 2.86. The summed E-state index contributed by atoms with van der Waals surface area (Å²) in [6, 6.07) is 0. The standard InChI is InChI=1S/C46H95N/c1-5-7-9-11-13-15-17-19-21-23-25-27-29-31-35-39-43-47(45-41-37-33-34-38-42-46(3)4)44-40-36-32-30-28-26-24-22-20-18-16-14-12-10-8-6-2/h46H,5-45H2,1-4H3. The van der Waals surface area contributed by atoms with Crippen LogP contribution < -0.4 is 0 Å². The minimum atomic E-state index is 0.880. The smallest absolute Gasteiger partial charge is 0.00187 e. The van der Waals surface area contributed by atoms with Gasteiger partial charge in [0.05, 0.1) is 0 Å². The second-order valence-electron chi connectivity index (χ2n) is 16.4. The van der Waals surface area contributed by atoms with Crippen LogP contribution in [-0.4, -0.2) is 24.5 Å². The first-order chi connectivity index (χ1) is 23.2. The first-order valence-electron chi connectivity index (χ1n) is 22.9. The van der Waals surface area contributed by atoms with Crippen molar-refractivity contribution in [1.82, 2.24) is 4.90 Å². The highest BCUT2D eigenvalue weighted by Crippen LogP contribution is 2.17. The molecule has 0 aliphatic rings. The maximum Gasteiger partial charge on any atom is -0.00187 e. The van der Waals surface area contributed by atoms with Crippen LogP contribution in [0.4, 0.5) is 0 Å². The molecule has 0 aromatic carbocycles. The van der Waals surface area contributed by atoms with E-state index in [0.717, 1.165) is 5.92 Å². The largest absolute Gasteiger partial charge is 0.303 e. The van der Waals surface area contributed by atoms with Crippen molar-refractivity contribution >= 4 is 0 Å². The van der Waals surface area contributed by atoms with Crippen molar-refractivity contribution in [3.63, 3.8) is 0 Å². The van der Waals surface area contributed by atoms with Crippen LogP contribution in [0.1, 0.15) is 272 Å². The highest BCUT2D eigenvalue weighted by molar-refractivity contribution is 4.61. The van der Waals surface area contributed by atoms with E-state index in [2.05, 4.69) is 32.6 Å². The Hall–Kier alpha value is -0.0400. The zero-order valence-electron chi connectivity index (χ0n) is 34.0. The average molecular weight is 662 g/mol. The van der Waals surface area contributed by atoms with E-state index in [1.165, 1.54) is 264 Å². The van der Waals surface area contributed by atoms with Crippen molar-refractivity contribution in [2.75, 3.05) is 19.6 Å². The second kappa shape index (κ2) is 42.1. The molecule has 47 heavy (non-hydrogen) atoms. The van der Waals surface area contributed by atoms with Gasteiger partial charge in [0.15, 0.2) is 0 Å². The summed E-state index contributed by atoms with van der Waals surface area (Å²) in [5.74, 6) is 0.880. The third-order valence-electron chi connectivity index (χ3n) is 10.9. The lowest BCUT2D eigenvalue weighted by Crippen LogP contribution is -2.27. The zero-order chi connectivity index (χ0) is 34.1. The molecule has 1 nitrogen and oxygen atoms in total. The van der Waals surface area contributed by atoms with Crippen LogP contribution in [-0.2, 0) is 0 Å². The van der Waals surface area contributed by atoms with E-state index in [1.54, 1.807) is 0 Å². The monoisotopic (exact) mass is 662 g/mol. The van der Waals surface area contributed by atoms with E-state index in [1.807, 2.05) is 0 Å². The summed E-state index contributed by atoms with van der Waals surface area (Å²) in [5.41, 5.74) is 0. The summed E-state index contributed by atoms with van der Waals surface area (Å²) in [6.45, 7) is 13.5. The number of nitrogens with zero attached hydrogens (tertiary/aromatic N) is 1. The molecule has 0 saturated carbocycles. The molecule has 0 aliphatic heterocycles. The molecule has 0 bridgehead atoms. The molecule has 0 saturated heterocycles. The summed E-state index contributed by atoms with van der Waals surface area (Å²) >= 11 is 0. The van der Waals surface area contributed by atoms with Gasteiger partial charge >= 0.3 is 0 Å². The Kier molecular flexibility index (Phi) is 42.1. The van der Waals surface area contributed by atoms with Crippen molar-refractivity contribution in [3.05, 3.63) is 0 Å². The van der Waals surface area contributed by atoms with E-state index < -0.39 is 0 Å². The van der Waals surface area contributed by atoms with Gasteiger partial charge in [-0.1, -0.05) is 252 Å². The lowest BCUT2D eigenvalue weighted by atomic mass is 10.0. The zero-order valence-corrected chi connectivity index (χ0v) is 34.0. The van der Waals surface area contributed by atoms with Gasteiger partial charge in [0, 0.05) is 0 Å². The first-order valence-corrected chi connectivity index (χ1v) is 22.9. The number of hydrogen-bond donors (Lipinski definition) is 0. The van der Waals surface area contributed by atoms with Crippen LogP contribution in [0.2, 0.25) is 0 Å². The number of unbranched alkanes of at least 4 members (excludes halogenated alkanes) is 34. The summed E-state index contributed by atoms with van der Waals surface area (Å²) in [5, 5.41) is 0. The molecule has 284 valence electrons. The Labute approximate surface area is 301 Å². The summed E-state index contributed by atoms with van der Waals surface area (Å²) < 4.78 is 0.